The highest BCUT2D eigenvalue weighted by atomic mass is 19.1. The van der Waals surface area contributed by atoms with E-state index in [1.165, 1.54) is 17.7 Å². The number of ether oxygens (including phenoxy) is 1. The number of aryl methyl sites for hydroxylation is 1. The molecular formula is C23H22FNO2. The summed E-state index contributed by atoms with van der Waals surface area (Å²) < 4.78 is 19.0. The van der Waals surface area contributed by atoms with Crippen molar-refractivity contribution >= 4 is 11.6 Å². The van der Waals surface area contributed by atoms with Gasteiger partial charge in [0, 0.05) is 11.8 Å². The van der Waals surface area contributed by atoms with Crippen LogP contribution in [0.25, 0.3) is 0 Å². The fourth-order valence-corrected chi connectivity index (χ4v) is 2.81. The summed E-state index contributed by atoms with van der Waals surface area (Å²) in [7, 11) is 0. The lowest BCUT2D eigenvalue weighted by atomic mass is 10.1. The van der Waals surface area contributed by atoms with Gasteiger partial charge in [0.1, 0.15) is 11.6 Å². The Hall–Kier alpha value is -3.14. The fourth-order valence-electron chi connectivity index (χ4n) is 2.81. The first-order valence-corrected chi connectivity index (χ1v) is 9.00. The smallest absolute Gasteiger partial charge is 0.228 e. The zero-order valence-electron chi connectivity index (χ0n) is 15.0. The van der Waals surface area contributed by atoms with Crippen LogP contribution in [0.4, 0.5) is 10.1 Å². The molecule has 0 aliphatic rings. The second-order valence-corrected chi connectivity index (χ2v) is 6.32. The van der Waals surface area contributed by atoms with Crippen molar-refractivity contribution in [2.75, 3.05) is 11.9 Å². The highest BCUT2D eigenvalue weighted by Crippen LogP contribution is 2.18. The van der Waals surface area contributed by atoms with Crippen molar-refractivity contribution < 1.29 is 13.9 Å². The third kappa shape index (κ3) is 6.26. The van der Waals surface area contributed by atoms with Crippen molar-refractivity contribution in [1.82, 2.24) is 0 Å². The molecule has 3 aromatic rings. The maximum absolute atomic E-state index is 13.2. The summed E-state index contributed by atoms with van der Waals surface area (Å²) in [6.45, 7) is 0.607. The Morgan fingerprint density at radius 1 is 0.889 bits per heavy atom. The Labute approximate surface area is 158 Å². The van der Waals surface area contributed by atoms with Gasteiger partial charge in [-0.25, -0.2) is 4.39 Å². The van der Waals surface area contributed by atoms with Gasteiger partial charge in [-0.3, -0.25) is 4.79 Å². The molecule has 0 bridgehead atoms. The summed E-state index contributed by atoms with van der Waals surface area (Å²) in [6.07, 6.45) is 2.00. The number of rotatable bonds is 8. The van der Waals surface area contributed by atoms with Gasteiger partial charge in [0.25, 0.3) is 0 Å². The quantitative estimate of drug-likeness (QED) is 0.571. The van der Waals surface area contributed by atoms with E-state index in [9.17, 15) is 9.18 Å². The van der Waals surface area contributed by atoms with Crippen LogP contribution in [0.5, 0.6) is 5.75 Å². The molecule has 1 amide bonds. The largest absolute Gasteiger partial charge is 0.494 e. The van der Waals surface area contributed by atoms with Crippen LogP contribution in [0.1, 0.15) is 17.5 Å². The maximum Gasteiger partial charge on any atom is 0.228 e. The molecule has 0 saturated carbocycles. The van der Waals surface area contributed by atoms with Gasteiger partial charge in [0.05, 0.1) is 13.0 Å². The Balaban J connectivity index is 1.47. The molecule has 0 atom stereocenters. The highest BCUT2D eigenvalue weighted by Gasteiger charge is 2.06. The van der Waals surface area contributed by atoms with Gasteiger partial charge in [-0.1, -0.05) is 48.5 Å². The zero-order valence-corrected chi connectivity index (χ0v) is 15.0. The molecule has 0 spiro atoms. The second-order valence-electron chi connectivity index (χ2n) is 6.32. The molecule has 3 aromatic carbocycles. The van der Waals surface area contributed by atoms with Gasteiger partial charge in [0.15, 0.2) is 0 Å². The summed E-state index contributed by atoms with van der Waals surface area (Å²) in [5.41, 5.74) is 2.59. The molecule has 0 aliphatic carbocycles. The molecule has 0 heterocycles. The normalized spacial score (nSPS) is 10.4. The molecule has 0 unspecified atom stereocenters. The second kappa shape index (κ2) is 9.53. The third-order valence-electron chi connectivity index (χ3n) is 4.09. The molecule has 0 saturated heterocycles. The zero-order chi connectivity index (χ0) is 18.9. The van der Waals surface area contributed by atoms with Crippen LogP contribution in [0, 0.1) is 5.82 Å². The molecule has 0 fully saturated rings. The van der Waals surface area contributed by atoms with E-state index in [0.717, 1.165) is 12.8 Å². The van der Waals surface area contributed by atoms with Crippen molar-refractivity contribution in [1.29, 1.82) is 0 Å². The van der Waals surface area contributed by atoms with Crippen molar-refractivity contribution in [3.8, 4) is 5.75 Å². The lowest BCUT2D eigenvalue weighted by Crippen LogP contribution is -2.14. The number of hydrogen-bond acceptors (Lipinski definition) is 2. The molecule has 0 aliphatic heterocycles. The first-order chi connectivity index (χ1) is 13.2. The molecule has 3 nitrogen and oxygen atoms in total. The monoisotopic (exact) mass is 363 g/mol. The van der Waals surface area contributed by atoms with Gasteiger partial charge in [0.2, 0.25) is 5.91 Å². The Bertz CT molecular complexity index is 880. The average Bonchev–Trinajstić information content (AvgIpc) is 2.66. The van der Waals surface area contributed by atoms with Crippen LogP contribution in [0.2, 0.25) is 0 Å². The van der Waals surface area contributed by atoms with Gasteiger partial charge < -0.3 is 10.1 Å². The highest BCUT2D eigenvalue weighted by molar-refractivity contribution is 5.92. The van der Waals surface area contributed by atoms with Crippen molar-refractivity contribution in [2.24, 2.45) is 0 Å². The number of halogens is 1. The summed E-state index contributed by atoms with van der Waals surface area (Å²) in [5.74, 6) is 0.180. The van der Waals surface area contributed by atoms with Gasteiger partial charge >= 0.3 is 0 Å². The van der Waals surface area contributed by atoms with E-state index >= 15 is 0 Å². The van der Waals surface area contributed by atoms with Crippen LogP contribution >= 0.6 is 0 Å². The number of anilines is 1. The summed E-state index contributed by atoms with van der Waals surface area (Å²) in [4.78, 5) is 12.1. The number of nitrogens with one attached hydrogen (secondary N) is 1. The van der Waals surface area contributed by atoms with Crippen LogP contribution < -0.4 is 10.1 Å². The maximum atomic E-state index is 13.2. The molecule has 0 aromatic heterocycles. The van der Waals surface area contributed by atoms with E-state index < -0.39 is 0 Å². The molecule has 138 valence electrons. The first-order valence-electron chi connectivity index (χ1n) is 9.00. The van der Waals surface area contributed by atoms with Crippen LogP contribution in [0.15, 0.2) is 78.9 Å². The predicted molar refractivity (Wildman–Crippen MR) is 105 cm³/mol. The summed E-state index contributed by atoms with van der Waals surface area (Å²) >= 11 is 0. The van der Waals surface area contributed by atoms with Crippen LogP contribution in [0.3, 0.4) is 0 Å². The SMILES string of the molecule is O=C(Cc1cccc(F)c1)Nc1cccc(OCCCc2ccccc2)c1. The van der Waals surface area contributed by atoms with Gasteiger partial charge in [-0.2, -0.15) is 0 Å². The number of benzene rings is 3. The van der Waals surface area contributed by atoms with Crippen molar-refractivity contribution in [3.63, 3.8) is 0 Å². The predicted octanol–water partition coefficient (Wildman–Crippen LogP) is 5.02. The van der Waals surface area contributed by atoms with E-state index in [-0.39, 0.29) is 18.1 Å². The minimum Gasteiger partial charge on any atom is -0.494 e. The minimum absolute atomic E-state index is 0.125. The number of carbonyl (C=O) groups excluding carboxylic acids is 1. The number of hydrogen-bond donors (Lipinski definition) is 1. The summed E-state index contributed by atoms with van der Waals surface area (Å²) in [5, 5.41) is 2.83. The van der Waals surface area contributed by atoms with Crippen molar-refractivity contribution in [3.05, 3.63) is 95.8 Å². The topological polar surface area (TPSA) is 38.3 Å². The molecular weight excluding hydrogens is 341 g/mol. The number of carbonyl (C=O) groups is 1. The first kappa shape index (κ1) is 18.6. The Morgan fingerprint density at radius 2 is 1.67 bits per heavy atom. The lowest BCUT2D eigenvalue weighted by molar-refractivity contribution is -0.115. The molecule has 3 rings (SSSR count). The third-order valence-corrected chi connectivity index (χ3v) is 4.09. The standard InChI is InChI=1S/C23H22FNO2/c24-20-11-4-9-19(15-20)16-23(26)25-21-12-5-13-22(17-21)27-14-6-10-18-7-2-1-3-8-18/h1-5,7-9,11-13,15,17H,6,10,14,16H2,(H,25,26). The lowest BCUT2D eigenvalue weighted by Gasteiger charge is -2.09. The fraction of sp³-hybridized carbons (Fsp3) is 0.174. The van der Waals surface area contributed by atoms with Gasteiger partial charge in [-0.15, -0.1) is 0 Å². The van der Waals surface area contributed by atoms with E-state index in [0.29, 0.717) is 23.6 Å². The number of amides is 1. The van der Waals surface area contributed by atoms with E-state index in [1.54, 1.807) is 24.3 Å². The molecule has 0 radical (unpaired) electrons. The molecule has 1 N–H and O–H groups in total. The Morgan fingerprint density at radius 3 is 2.48 bits per heavy atom. The summed E-state index contributed by atoms with van der Waals surface area (Å²) in [6, 6.07) is 23.7. The van der Waals surface area contributed by atoms with Crippen LogP contribution in [-0.2, 0) is 17.6 Å². The van der Waals surface area contributed by atoms with E-state index in [2.05, 4.69) is 17.4 Å². The Kier molecular flexibility index (Phi) is 6.58. The average molecular weight is 363 g/mol. The van der Waals surface area contributed by atoms with Crippen molar-refractivity contribution in [2.45, 2.75) is 19.3 Å². The van der Waals surface area contributed by atoms with E-state index in [1.807, 2.05) is 30.3 Å². The van der Waals surface area contributed by atoms with E-state index in [4.69, 9.17) is 4.74 Å². The van der Waals surface area contributed by atoms with Crippen LogP contribution in [-0.4, -0.2) is 12.5 Å². The molecule has 27 heavy (non-hydrogen) atoms. The molecule has 4 heteroatoms. The minimum atomic E-state index is -0.341. The van der Waals surface area contributed by atoms with Gasteiger partial charge in [-0.05, 0) is 48.2 Å².